The van der Waals surface area contributed by atoms with Gasteiger partial charge in [-0.1, -0.05) is 19.3 Å². The summed E-state index contributed by atoms with van der Waals surface area (Å²) in [6, 6.07) is 0.735. The number of ether oxygens (including phenoxy) is 1. The van der Waals surface area contributed by atoms with E-state index >= 15 is 0 Å². The van der Waals surface area contributed by atoms with Crippen LogP contribution in [0.5, 0.6) is 6.01 Å². The second-order valence-electron chi connectivity index (χ2n) is 4.21. The standard InChI is InChI=1S/C11H19N5O/c1-2-17-11-15-9(12)14-10(16-11)13-8-6-4-3-5-7-8/h8H,2-7H2,1H3,(H3,12,13,14,15,16). The van der Waals surface area contributed by atoms with E-state index in [2.05, 4.69) is 20.3 Å². The van der Waals surface area contributed by atoms with E-state index in [1.807, 2.05) is 6.92 Å². The fourth-order valence-electron chi connectivity index (χ4n) is 2.06. The molecule has 1 aliphatic rings. The highest BCUT2D eigenvalue weighted by atomic mass is 16.5. The van der Waals surface area contributed by atoms with Crippen molar-refractivity contribution in [3.05, 3.63) is 0 Å². The average Bonchev–Trinajstić information content (AvgIpc) is 2.30. The molecular formula is C11H19N5O. The van der Waals surface area contributed by atoms with E-state index in [9.17, 15) is 0 Å². The molecule has 0 unspecified atom stereocenters. The third kappa shape index (κ3) is 3.44. The summed E-state index contributed by atoms with van der Waals surface area (Å²) in [5.74, 6) is 0.717. The summed E-state index contributed by atoms with van der Waals surface area (Å²) in [5, 5.41) is 3.30. The Morgan fingerprint density at radius 3 is 2.71 bits per heavy atom. The van der Waals surface area contributed by atoms with Crippen LogP contribution in [-0.4, -0.2) is 27.6 Å². The number of nitrogen functional groups attached to an aromatic ring is 1. The van der Waals surface area contributed by atoms with E-state index in [1.165, 1.54) is 19.3 Å². The van der Waals surface area contributed by atoms with Crippen LogP contribution in [0, 0.1) is 0 Å². The van der Waals surface area contributed by atoms with Crippen LogP contribution in [0.25, 0.3) is 0 Å². The summed E-state index contributed by atoms with van der Waals surface area (Å²) in [4.78, 5) is 12.2. The van der Waals surface area contributed by atoms with Crippen LogP contribution in [0.1, 0.15) is 39.0 Å². The maximum absolute atomic E-state index is 5.61. The van der Waals surface area contributed by atoms with Gasteiger partial charge in [0.15, 0.2) is 0 Å². The number of nitrogens with one attached hydrogen (secondary N) is 1. The zero-order valence-corrected chi connectivity index (χ0v) is 10.1. The Morgan fingerprint density at radius 1 is 1.24 bits per heavy atom. The third-order valence-corrected chi connectivity index (χ3v) is 2.84. The predicted octanol–water partition coefficient (Wildman–Crippen LogP) is 1.60. The van der Waals surface area contributed by atoms with Gasteiger partial charge < -0.3 is 15.8 Å². The number of aromatic nitrogens is 3. The van der Waals surface area contributed by atoms with E-state index in [1.54, 1.807) is 0 Å². The molecular weight excluding hydrogens is 218 g/mol. The average molecular weight is 237 g/mol. The molecule has 0 spiro atoms. The molecule has 3 N–H and O–H groups in total. The molecule has 1 fully saturated rings. The Morgan fingerprint density at radius 2 is 2.00 bits per heavy atom. The molecule has 0 radical (unpaired) electrons. The lowest BCUT2D eigenvalue weighted by atomic mass is 9.96. The third-order valence-electron chi connectivity index (χ3n) is 2.84. The van der Waals surface area contributed by atoms with E-state index in [4.69, 9.17) is 10.5 Å². The Labute approximate surface area is 101 Å². The summed E-state index contributed by atoms with van der Waals surface area (Å²) in [6.45, 7) is 2.40. The minimum atomic E-state index is 0.196. The van der Waals surface area contributed by atoms with E-state index in [0.29, 0.717) is 24.6 Å². The number of nitrogens with two attached hydrogens (primary N) is 1. The molecule has 0 aromatic carbocycles. The maximum atomic E-state index is 5.61. The van der Waals surface area contributed by atoms with E-state index in [-0.39, 0.29) is 5.95 Å². The van der Waals surface area contributed by atoms with Gasteiger partial charge in [0.1, 0.15) is 0 Å². The number of hydrogen-bond acceptors (Lipinski definition) is 6. The molecule has 6 nitrogen and oxygen atoms in total. The topological polar surface area (TPSA) is 86.0 Å². The second-order valence-corrected chi connectivity index (χ2v) is 4.21. The smallest absolute Gasteiger partial charge is 0.323 e. The molecule has 1 aromatic heterocycles. The summed E-state index contributed by atoms with van der Waals surface area (Å²) in [6.07, 6.45) is 6.17. The highest BCUT2D eigenvalue weighted by molar-refractivity contribution is 5.33. The zero-order valence-electron chi connectivity index (χ0n) is 10.1. The lowest BCUT2D eigenvalue weighted by Crippen LogP contribution is -2.24. The Kier molecular flexibility index (Phi) is 3.95. The molecule has 1 saturated carbocycles. The SMILES string of the molecule is CCOc1nc(N)nc(NC2CCCCC2)n1. The van der Waals surface area contributed by atoms with Crippen molar-refractivity contribution in [2.24, 2.45) is 0 Å². The fraction of sp³-hybridized carbons (Fsp3) is 0.727. The molecule has 0 atom stereocenters. The van der Waals surface area contributed by atoms with Crippen molar-refractivity contribution in [2.75, 3.05) is 17.7 Å². The van der Waals surface area contributed by atoms with Crippen LogP contribution in [0.2, 0.25) is 0 Å². The van der Waals surface area contributed by atoms with Gasteiger partial charge >= 0.3 is 6.01 Å². The van der Waals surface area contributed by atoms with Crippen molar-refractivity contribution in [1.82, 2.24) is 15.0 Å². The Hall–Kier alpha value is -1.59. The van der Waals surface area contributed by atoms with Crippen LogP contribution in [-0.2, 0) is 0 Å². The Bertz CT molecular complexity index is 365. The largest absolute Gasteiger partial charge is 0.464 e. The summed E-state index contributed by atoms with van der Waals surface area (Å²) in [7, 11) is 0. The number of hydrogen-bond donors (Lipinski definition) is 2. The minimum absolute atomic E-state index is 0.196. The van der Waals surface area contributed by atoms with Gasteiger partial charge in [0, 0.05) is 6.04 Å². The van der Waals surface area contributed by atoms with Gasteiger partial charge in [-0.15, -0.1) is 0 Å². The summed E-state index contributed by atoms with van der Waals surface area (Å²) in [5.41, 5.74) is 5.61. The van der Waals surface area contributed by atoms with Crippen molar-refractivity contribution < 1.29 is 4.74 Å². The van der Waals surface area contributed by atoms with E-state index < -0.39 is 0 Å². The van der Waals surface area contributed by atoms with Crippen molar-refractivity contribution in [3.63, 3.8) is 0 Å². The molecule has 1 aromatic rings. The van der Waals surface area contributed by atoms with Gasteiger partial charge in [-0.2, -0.15) is 15.0 Å². The van der Waals surface area contributed by atoms with Crippen LogP contribution >= 0.6 is 0 Å². The zero-order chi connectivity index (χ0) is 12.1. The predicted molar refractivity (Wildman–Crippen MR) is 65.9 cm³/mol. The molecule has 94 valence electrons. The highest BCUT2D eigenvalue weighted by Gasteiger charge is 2.15. The maximum Gasteiger partial charge on any atom is 0.323 e. The second kappa shape index (κ2) is 5.65. The molecule has 2 rings (SSSR count). The normalized spacial score (nSPS) is 16.8. The molecule has 17 heavy (non-hydrogen) atoms. The quantitative estimate of drug-likeness (QED) is 0.827. The number of nitrogens with zero attached hydrogens (tertiary/aromatic N) is 3. The number of rotatable bonds is 4. The van der Waals surface area contributed by atoms with Crippen LogP contribution < -0.4 is 15.8 Å². The van der Waals surface area contributed by atoms with Crippen molar-refractivity contribution in [1.29, 1.82) is 0 Å². The van der Waals surface area contributed by atoms with Gasteiger partial charge in [0.25, 0.3) is 0 Å². The lowest BCUT2D eigenvalue weighted by Gasteiger charge is -2.22. The first kappa shape index (κ1) is 11.9. The first-order chi connectivity index (χ1) is 8.28. The van der Waals surface area contributed by atoms with Crippen LogP contribution in [0.4, 0.5) is 11.9 Å². The monoisotopic (exact) mass is 237 g/mol. The molecule has 0 saturated heterocycles. The van der Waals surface area contributed by atoms with Gasteiger partial charge in [0.2, 0.25) is 11.9 Å². The van der Waals surface area contributed by atoms with Crippen molar-refractivity contribution in [3.8, 4) is 6.01 Å². The first-order valence-corrected chi connectivity index (χ1v) is 6.19. The van der Waals surface area contributed by atoms with Crippen molar-refractivity contribution >= 4 is 11.9 Å². The minimum Gasteiger partial charge on any atom is -0.464 e. The molecule has 0 amide bonds. The van der Waals surface area contributed by atoms with Gasteiger partial charge in [0.05, 0.1) is 6.61 Å². The fourth-order valence-corrected chi connectivity index (χ4v) is 2.06. The van der Waals surface area contributed by atoms with Crippen LogP contribution in [0.15, 0.2) is 0 Å². The van der Waals surface area contributed by atoms with Crippen molar-refractivity contribution in [2.45, 2.75) is 45.1 Å². The highest BCUT2D eigenvalue weighted by Crippen LogP contribution is 2.20. The lowest BCUT2D eigenvalue weighted by molar-refractivity contribution is 0.312. The van der Waals surface area contributed by atoms with Crippen LogP contribution in [0.3, 0.4) is 0 Å². The molecule has 0 bridgehead atoms. The molecule has 1 aliphatic carbocycles. The summed E-state index contributed by atoms with van der Waals surface area (Å²) < 4.78 is 5.23. The Balaban J connectivity index is 2.03. The van der Waals surface area contributed by atoms with Gasteiger partial charge in [-0.05, 0) is 19.8 Å². The molecule has 1 heterocycles. The number of anilines is 2. The summed E-state index contributed by atoms with van der Waals surface area (Å²) >= 11 is 0. The van der Waals surface area contributed by atoms with Gasteiger partial charge in [-0.3, -0.25) is 0 Å². The molecule has 0 aliphatic heterocycles. The molecule has 6 heteroatoms. The first-order valence-electron chi connectivity index (χ1n) is 6.19. The van der Waals surface area contributed by atoms with Gasteiger partial charge in [-0.25, -0.2) is 0 Å². The van der Waals surface area contributed by atoms with E-state index in [0.717, 1.165) is 12.8 Å².